The average Bonchev–Trinajstić information content (AvgIpc) is 2.78. The van der Waals surface area contributed by atoms with Gasteiger partial charge in [-0.2, -0.15) is 0 Å². The minimum absolute atomic E-state index is 0.0761. The second kappa shape index (κ2) is 24.5. The number of unbranched alkanes of at least 4 members (excludes halogenated alkanes) is 19. The minimum atomic E-state index is -1.08. The molecule has 0 saturated carbocycles. The van der Waals surface area contributed by atoms with E-state index < -0.39 is 12.0 Å². The van der Waals surface area contributed by atoms with E-state index in [1.165, 1.54) is 116 Å². The zero-order valence-corrected chi connectivity index (χ0v) is 21.1. The van der Waals surface area contributed by atoms with Crippen LogP contribution in [0.4, 0.5) is 0 Å². The van der Waals surface area contributed by atoms with E-state index in [9.17, 15) is 9.59 Å². The quantitative estimate of drug-likeness (QED) is 0.110. The van der Waals surface area contributed by atoms with Crippen molar-refractivity contribution in [2.75, 3.05) is 6.61 Å². The van der Waals surface area contributed by atoms with Crippen molar-refractivity contribution in [1.29, 1.82) is 0 Å². The van der Waals surface area contributed by atoms with Gasteiger partial charge in [0.25, 0.3) is 0 Å². The van der Waals surface area contributed by atoms with Gasteiger partial charge in [-0.3, -0.25) is 9.59 Å². The normalized spacial score (nSPS) is 12.1. The third kappa shape index (κ3) is 23.6. The summed E-state index contributed by atoms with van der Waals surface area (Å²) in [6.07, 6.45) is 27.1. The molecular formula is C27H53NO4. The van der Waals surface area contributed by atoms with E-state index in [0.717, 1.165) is 12.8 Å². The second-order valence-electron chi connectivity index (χ2n) is 9.42. The van der Waals surface area contributed by atoms with Crippen LogP contribution in [0.15, 0.2) is 0 Å². The SMILES string of the molecule is CCCCCCCCCCCCCCCCCCCCCCOC(=O)CC[C@H](N)C(=O)O. The molecule has 0 aliphatic heterocycles. The Hall–Kier alpha value is -1.10. The van der Waals surface area contributed by atoms with Gasteiger partial charge in [0, 0.05) is 6.42 Å². The number of hydrogen-bond acceptors (Lipinski definition) is 4. The van der Waals surface area contributed by atoms with Gasteiger partial charge in [-0.05, 0) is 12.8 Å². The van der Waals surface area contributed by atoms with Crippen LogP contribution in [0.2, 0.25) is 0 Å². The van der Waals surface area contributed by atoms with E-state index in [1.807, 2.05) is 0 Å². The van der Waals surface area contributed by atoms with Gasteiger partial charge in [-0.25, -0.2) is 0 Å². The molecule has 0 heterocycles. The van der Waals surface area contributed by atoms with E-state index in [4.69, 9.17) is 15.6 Å². The first-order valence-corrected chi connectivity index (χ1v) is 13.7. The van der Waals surface area contributed by atoms with E-state index in [1.54, 1.807) is 0 Å². The molecule has 0 unspecified atom stereocenters. The summed E-state index contributed by atoms with van der Waals surface area (Å²) in [6.45, 7) is 2.71. The summed E-state index contributed by atoms with van der Waals surface area (Å²) in [7, 11) is 0. The molecule has 0 aromatic heterocycles. The first-order chi connectivity index (χ1) is 15.6. The van der Waals surface area contributed by atoms with Gasteiger partial charge in [0.15, 0.2) is 0 Å². The smallest absolute Gasteiger partial charge is 0.320 e. The number of carboxylic acid groups (broad SMARTS) is 1. The second-order valence-corrected chi connectivity index (χ2v) is 9.42. The van der Waals surface area contributed by atoms with Crippen molar-refractivity contribution < 1.29 is 19.4 Å². The Morgan fingerprint density at radius 3 is 1.34 bits per heavy atom. The van der Waals surface area contributed by atoms with Crippen LogP contribution in [0, 0.1) is 0 Å². The number of nitrogens with two attached hydrogens (primary N) is 1. The fourth-order valence-electron chi connectivity index (χ4n) is 4.01. The summed E-state index contributed by atoms with van der Waals surface area (Å²) in [5, 5.41) is 8.67. The molecule has 32 heavy (non-hydrogen) atoms. The summed E-state index contributed by atoms with van der Waals surface area (Å²) in [5.41, 5.74) is 5.37. The van der Waals surface area contributed by atoms with Crippen molar-refractivity contribution in [3.8, 4) is 0 Å². The summed E-state index contributed by atoms with van der Waals surface area (Å²) in [4.78, 5) is 22.1. The van der Waals surface area contributed by atoms with Crippen LogP contribution in [0.3, 0.4) is 0 Å². The molecule has 0 rings (SSSR count). The molecule has 5 heteroatoms. The highest BCUT2D eigenvalue weighted by atomic mass is 16.5. The maximum atomic E-state index is 11.5. The monoisotopic (exact) mass is 455 g/mol. The number of rotatable bonds is 25. The van der Waals surface area contributed by atoms with Gasteiger partial charge < -0.3 is 15.6 Å². The van der Waals surface area contributed by atoms with Crippen molar-refractivity contribution in [2.45, 2.75) is 154 Å². The standard InChI is InChI=1S/C27H53NO4/c1-2-3-4-5-6-7-8-9-10-11-12-13-14-15-16-17-18-19-20-21-24-32-26(29)23-22-25(28)27(30)31/h25H,2-24,28H2,1H3,(H,30,31)/t25-/m0/s1. The number of esters is 1. The fourth-order valence-corrected chi connectivity index (χ4v) is 4.01. The van der Waals surface area contributed by atoms with Gasteiger partial charge in [0.05, 0.1) is 6.61 Å². The molecule has 0 saturated heterocycles. The maximum absolute atomic E-state index is 11.5. The Bertz CT molecular complexity index is 428. The Kier molecular flexibility index (Phi) is 23.7. The van der Waals surface area contributed by atoms with E-state index in [0.29, 0.717) is 6.61 Å². The molecule has 0 bridgehead atoms. The molecule has 0 aliphatic rings. The van der Waals surface area contributed by atoms with Crippen LogP contribution in [-0.4, -0.2) is 29.7 Å². The predicted octanol–water partition coefficient (Wildman–Crippen LogP) is 7.54. The Balaban J connectivity index is 3.15. The van der Waals surface area contributed by atoms with Gasteiger partial charge >= 0.3 is 11.9 Å². The van der Waals surface area contributed by atoms with Gasteiger partial charge in [-0.15, -0.1) is 0 Å². The molecule has 0 fully saturated rings. The highest BCUT2D eigenvalue weighted by molar-refractivity contribution is 5.75. The summed E-state index contributed by atoms with van der Waals surface area (Å²) < 4.78 is 5.12. The molecule has 0 radical (unpaired) electrons. The number of hydrogen-bond donors (Lipinski definition) is 2. The first kappa shape index (κ1) is 30.9. The molecule has 3 N–H and O–H groups in total. The molecule has 0 aromatic rings. The van der Waals surface area contributed by atoms with E-state index in [2.05, 4.69) is 6.92 Å². The Morgan fingerprint density at radius 2 is 1.00 bits per heavy atom. The van der Waals surface area contributed by atoms with Crippen LogP contribution in [-0.2, 0) is 14.3 Å². The van der Waals surface area contributed by atoms with Crippen molar-refractivity contribution in [3.05, 3.63) is 0 Å². The minimum Gasteiger partial charge on any atom is -0.480 e. The number of aliphatic carboxylic acids is 1. The lowest BCUT2D eigenvalue weighted by molar-refractivity contribution is -0.144. The molecule has 5 nitrogen and oxygen atoms in total. The molecular weight excluding hydrogens is 402 g/mol. The van der Waals surface area contributed by atoms with Crippen LogP contribution in [0.5, 0.6) is 0 Å². The van der Waals surface area contributed by atoms with Crippen LogP contribution in [0.25, 0.3) is 0 Å². The van der Waals surface area contributed by atoms with Crippen molar-refractivity contribution in [1.82, 2.24) is 0 Å². The lowest BCUT2D eigenvalue weighted by Crippen LogP contribution is -2.30. The molecule has 190 valence electrons. The third-order valence-electron chi connectivity index (χ3n) is 6.24. The van der Waals surface area contributed by atoms with E-state index >= 15 is 0 Å². The molecule has 0 aliphatic carbocycles. The predicted molar refractivity (Wildman–Crippen MR) is 134 cm³/mol. The van der Waals surface area contributed by atoms with Crippen molar-refractivity contribution in [2.24, 2.45) is 5.73 Å². The lowest BCUT2D eigenvalue weighted by Gasteiger charge is -2.07. The molecule has 0 aromatic carbocycles. The summed E-state index contributed by atoms with van der Waals surface area (Å²) >= 11 is 0. The van der Waals surface area contributed by atoms with Gasteiger partial charge in [0.2, 0.25) is 0 Å². The molecule has 1 atom stereocenters. The zero-order chi connectivity index (χ0) is 23.7. The fraction of sp³-hybridized carbons (Fsp3) is 0.926. The number of carbonyl (C=O) groups is 2. The summed E-state index contributed by atoms with van der Waals surface area (Å²) in [6, 6.07) is -0.984. The van der Waals surface area contributed by atoms with E-state index in [-0.39, 0.29) is 18.8 Å². The Morgan fingerprint density at radius 1 is 0.656 bits per heavy atom. The number of carboxylic acids is 1. The zero-order valence-electron chi connectivity index (χ0n) is 21.1. The van der Waals surface area contributed by atoms with Crippen LogP contribution in [0.1, 0.15) is 148 Å². The van der Waals surface area contributed by atoms with Crippen molar-refractivity contribution in [3.63, 3.8) is 0 Å². The average molecular weight is 456 g/mol. The number of ether oxygens (including phenoxy) is 1. The Labute approximate surface area is 198 Å². The molecule has 0 spiro atoms. The van der Waals surface area contributed by atoms with Crippen LogP contribution < -0.4 is 5.73 Å². The number of carbonyl (C=O) groups excluding carboxylic acids is 1. The third-order valence-corrected chi connectivity index (χ3v) is 6.24. The molecule has 0 amide bonds. The summed E-state index contributed by atoms with van der Waals surface area (Å²) in [5.74, 6) is -1.42. The first-order valence-electron chi connectivity index (χ1n) is 13.7. The highest BCUT2D eigenvalue weighted by Gasteiger charge is 2.13. The van der Waals surface area contributed by atoms with Crippen molar-refractivity contribution >= 4 is 11.9 Å². The lowest BCUT2D eigenvalue weighted by atomic mass is 10.0. The highest BCUT2D eigenvalue weighted by Crippen LogP contribution is 2.14. The largest absolute Gasteiger partial charge is 0.480 e. The topological polar surface area (TPSA) is 89.6 Å². The van der Waals surface area contributed by atoms with Gasteiger partial charge in [0.1, 0.15) is 6.04 Å². The maximum Gasteiger partial charge on any atom is 0.320 e. The van der Waals surface area contributed by atoms with Crippen LogP contribution >= 0.6 is 0 Å². The van der Waals surface area contributed by atoms with Gasteiger partial charge in [-0.1, -0.05) is 129 Å².